The van der Waals surface area contributed by atoms with Crippen LogP contribution in [0.5, 0.6) is 0 Å². The lowest BCUT2D eigenvalue weighted by Gasteiger charge is -2.21. The second-order valence-electron chi connectivity index (χ2n) is 4.50. The van der Waals surface area contributed by atoms with Gasteiger partial charge in [0.25, 0.3) is 0 Å². The van der Waals surface area contributed by atoms with Crippen molar-refractivity contribution in [1.82, 2.24) is 0 Å². The normalized spacial score (nSPS) is 10.4. The zero-order valence-electron chi connectivity index (χ0n) is 10.7. The van der Waals surface area contributed by atoms with E-state index in [9.17, 15) is 4.39 Å². The van der Waals surface area contributed by atoms with Crippen molar-refractivity contribution in [3.8, 4) is 0 Å². The summed E-state index contributed by atoms with van der Waals surface area (Å²) in [6.45, 7) is 2.50. The average Bonchev–Trinajstić information content (AvgIpc) is 2.34. The number of aryl methyl sites for hydroxylation is 1. The molecule has 2 aromatic rings. The Morgan fingerprint density at radius 1 is 1.17 bits per heavy atom. The van der Waals surface area contributed by atoms with Gasteiger partial charge in [-0.15, -0.1) is 0 Å². The van der Waals surface area contributed by atoms with Gasteiger partial charge in [0.05, 0.1) is 0 Å². The van der Waals surface area contributed by atoms with Crippen LogP contribution in [0.25, 0.3) is 0 Å². The van der Waals surface area contributed by atoms with Crippen LogP contribution < -0.4 is 10.6 Å². The molecule has 0 aliphatic rings. The maximum Gasteiger partial charge on any atom is 0.130 e. The highest BCUT2D eigenvalue weighted by atomic mass is 19.1. The van der Waals surface area contributed by atoms with Gasteiger partial charge in [0.2, 0.25) is 0 Å². The molecule has 0 heterocycles. The SMILES string of the molecule is Cc1cccc(N(C)Cc2c(N)cccc2F)c1. The lowest BCUT2D eigenvalue weighted by molar-refractivity contribution is 0.609. The molecular formula is C15H17FN2. The molecule has 0 radical (unpaired) electrons. The molecular weight excluding hydrogens is 227 g/mol. The van der Waals surface area contributed by atoms with E-state index in [0.29, 0.717) is 17.8 Å². The monoisotopic (exact) mass is 244 g/mol. The number of hydrogen-bond donors (Lipinski definition) is 1. The van der Waals surface area contributed by atoms with E-state index < -0.39 is 0 Å². The number of nitrogens with two attached hydrogens (primary N) is 1. The van der Waals surface area contributed by atoms with Gasteiger partial charge in [-0.2, -0.15) is 0 Å². The minimum atomic E-state index is -0.255. The highest BCUT2D eigenvalue weighted by molar-refractivity contribution is 5.53. The summed E-state index contributed by atoms with van der Waals surface area (Å²) in [6, 6.07) is 12.9. The molecule has 0 aromatic heterocycles. The molecule has 2 rings (SSSR count). The second kappa shape index (κ2) is 5.08. The topological polar surface area (TPSA) is 29.3 Å². The molecule has 0 aliphatic carbocycles. The third-order valence-corrected chi connectivity index (χ3v) is 2.99. The molecule has 18 heavy (non-hydrogen) atoms. The molecule has 3 heteroatoms. The molecule has 0 atom stereocenters. The number of nitrogen functional groups attached to an aromatic ring is 1. The average molecular weight is 244 g/mol. The molecule has 0 saturated heterocycles. The van der Waals surface area contributed by atoms with Crippen molar-refractivity contribution in [3.63, 3.8) is 0 Å². The summed E-state index contributed by atoms with van der Waals surface area (Å²) in [4.78, 5) is 1.99. The van der Waals surface area contributed by atoms with Gasteiger partial charge in [0, 0.05) is 30.5 Å². The van der Waals surface area contributed by atoms with Crippen LogP contribution in [0.4, 0.5) is 15.8 Å². The molecule has 0 spiro atoms. The second-order valence-corrected chi connectivity index (χ2v) is 4.50. The predicted octanol–water partition coefficient (Wildman–Crippen LogP) is 3.35. The van der Waals surface area contributed by atoms with Gasteiger partial charge >= 0.3 is 0 Å². The van der Waals surface area contributed by atoms with E-state index in [4.69, 9.17) is 5.73 Å². The molecule has 0 saturated carbocycles. The van der Waals surface area contributed by atoms with Crippen molar-refractivity contribution in [3.05, 3.63) is 59.4 Å². The molecule has 2 aromatic carbocycles. The van der Waals surface area contributed by atoms with Gasteiger partial charge in [-0.25, -0.2) is 4.39 Å². The first kappa shape index (κ1) is 12.4. The number of anilines is 2. The quantitative estimate of drug-likeness (QED) is 0.839. The van der Waals surface area contributed by atoms with Gasteiger partial charge in [-0.3, -0.25) is 0 Å². The summed E-state index contributed by atoms with van der Waals surface area (Å²) in [6.07, 6.45) is 0. The van der Waals surface area contributed by atoms with E-state index in [1.54, 1.807) is 12.1 Å². The largest absolute Gasteiger partial charge is 0.398 e. The predicted molar refractivity (Wildman–Crippen MR) is 74.1 cm³/mol. The highest BCUT2D eigenvalue weighted by Gasteiger charge is 2.09. The maximum absolute atomic E-state index is 13.7. The van der Waals surface area contributed by atoms with Gasteiger partial charge in [-0.05, 0) is 36.8 Å². The zero-order chi connectivity index (χ0) is 13.1. The van der Waals surface area contributed by atoms with Gasteiger partial charge in [0.15, 0.2) is 0 Å². The fraction of sp³-hybridized carbons (Fsp3) is 0.200. The minimum absolute atomic E-state index is 0.255. The fourth-order valence-corrected chi connectivity index (χ4v) is 1.94. The van der Waals surface area contributed by atoms with Crippen LogP contribution in [0.15, 0.2) is 42.5 Å². The fourth-order valence-electron chi connectivity index (χ4n) is 1.94. The van der Waals surface area contributed by atoms with E-state index >= 15 is 0 Å². The van der Waals surface area contributed by atoms with E-state index in [-0.39, 0.29) is 5.82 Å². The van der Waals surface area contributed by atoms with Crippen LogP contribution >= 0.6 is 0 Å². The third-order valence-electron chi connectivity index (χ3n) is 2.99. The van der Waals surface area contributed by atoms with Gasteiger partial charge in [-0.1, -0.05) is 18.2 Å². The summed E-state index contributed by atoms with van der Waals surface area (Å²) in [5.74, 6) is -0.255. The Labute approximate surface area is 107 Å². The van der Waals surface area contributed by atoms with Crippen molar-refractivity contribution in [2.75, 3.05) is 17.7 Å². The molecule has 0 amide bonds. The molecule has 2 N–H and O–H groups in total. The van der Waals surface area contributed by atoms with E-state index in [1.807, 2.05) is 37.1 Å². The minimum Gasteiger partial charge on any atom is -0.398 e. The van der Waals surface area contributed by atoms with Crippen LogP contribution in [0.2, 0.25) is 0 Å². The molecule has 0 bridgehead atoms. The number of benzene rings is 2. The van der Waals surface area contributed by atoms with E-state index in [2.05, 4.69) is 6.07 Å². The van der Waals surface area contributed by atoms with Crippen molar-refractivity contribution >= 4 is 11.4 Å². The lowest BCUT2D eigenvalue weighted by atomic mass is 10.1. The lowest BCUT2D eigenvalue weighted by Crippen LogP contribution is -2.18. The summed E-state index contributed by atoms with van der Waals surface area (Å²) < 4.78 is 13.7. The molecule has 0 unspecified atom stereocenters. The summed E-state index contributed by atoms with van der Waals surface area (Å²) >= 11 is 0. The van der Waals surface area contributed by atoms with Gasteiger partial charge in [0.1, 0.15) is 5.82 Å². The Morgan fingerprint density at radius 3 is 2.56 bits per heavy atom. The number of nitrogens with zero attached hydrogens (tertiary/aromatic N) is 1. The van der Waals surface area contributed by atoms with E-state index in [1.165, 1.54) is 11.6 Å². The van der Waals surface area contributed by atoms with E-state index in [0.717, 1.165) is 5.69 Å². The van der Waals surface area contributed by atoms with Crippen molar-refractivity contribution in [2.24, 2.45) is 0 Å². The van der Waals surface area contributed by atoms with Crippen LogP contribution in [0.3, 0.4) is 0 Å². The van der Waals surface area contributed by atoms with Crippen molar-refractivity contribution in [1.29, 1.82) is 0 Å². The molecule has 94 valence electrons. The number of hydrogen-bond acceptors (Lipinski definition) is 2. The van der Waals surface area contributed by atoms with Crippen molar-refractivity contribution in [2.45, 2.75) is 13.5 Å². The van der Waals surface area contributed by atoms with Gasteiger partial charge < -0.3 is 10.6 Å². The standard InChI is InChI=1S/C15H17FN2/c1-11-5-3-6-12(9-11)18(2)10-13-14(16)7-4-8-15(13)17/h3-9H,10,17H2,1-2H3. The maximum atomic E-state index is 13.7. The van der Waals surface area contributed by atoms with Crippen LogP contribution in [-0.2, 0) is 6.54 Å². The van der Waals surface area contributed by atoms with Crippen molar-refractivity contribution < 1.29 is 4.39 Å². The summed E-state index contributed by atoms with van der Waals surface area (Å²) in [5.41, 5.74) is 9.08. The van der Waals surface area contributed by atoms with Crippen LogP contribution in [0.1, 0.15) is 11.1 Å². The van der Waals surface area contributed by atoms with Crippen LogP contribution in [-0.4, -0.2) is 7.05 Å². The Bertz CT molecular complexity index is 532. The highest BCUT2D eigenvalue weighted by Crippen LogP contribution is 2.21. The first-order chi connectivity index (χ1) is 8.58. The molecule has 2 nitrogen and oxygen atoms in total. The molecule has 0 fully saturated rings. The Balaban J connectivity index is 2.24. The smallest absolute Gasteiger partial charge is 0.130 e. The number of rotatable bonds is 3. The zero-order valence-corrected chi connectivity index (χ0v) is 10.7. The first-order valence-corrected chi connectivity index (χ1v) is 5.88. The van der Waals surface area contributed by atoms with Crippen LogP contribution in [0, 0.1) is 12.7 Å². The summed E-state index contributed by atoms with van der Waals surface area (Å²) in [7, 11) is 1.93. The molecule has 0 aliphatic heterocycles. The summed E-state index contributed by atoms with van der Waals surface area (Å²) in [5, 5.41) is 0. The Kier molecular flexibility index (Phi) is 3.51. The Hall–Kier alpha value is -2.03. The number of halogens is 1. The third kappa shape index (κ3) is 2.62. The first-order valence-electron chi connectivity index (χ1n) is 5.88. The Morgan fingerprint density at radius 2 is 1.89 bits per heavy atom.